The summed E-state index contributed by atoms with van der Waals surface area (Å²) in [6.45, 7) is 6.58. The predicted octanol–water partition coefficient (Wildman–Crippen LogP) is 5.11. The first-order chi connectivity index (χ1) is 9.68. The second-order valence-electron chi connectivity index (χ2n) is 5.64. The Labute approximate surface area is 123 Å². The van der Waals surface area contributed by atoms with E-state index in [1.807, 2.05) is 13.0 Å². The number of rotatable bonds is 0. The Balaban J connectivity index is 2.48. The topological polar surface area (TPSA) is 26.3 Å². The fourth-order valence-corrected chi connectivity index (χ4v) is 2.32. The number of hydrogen-bond acceptors (Lipinski definition) is 2. The van der Waals surface area contributed by atoms with Gasteiger partial charge in [0.2, 0.25) is 0 Å². The highest BCUT2D eigenvalue weighted by Gasteiger charge is 2.00. The fourth-order valence-electron chi connectivity index (χ4n) is 2.32. The van der Waals surface area contributed by atoms with Gasteiger partial charge in [-0.3, -0.25) is 0 Å². The number of carbonyl (C=O) groups excluding carboxylic acids is 1. The summed E-state index contributed by atoms with van der Waals surface area (Å²) in [6.07, 6.45) is 16.2. The van der Waals surface area contributed by atoms with Gasteiger partial charge in [0, 0.05) is 6.08 Å². The molecule has 0 aromatic heterocycles. The van der Waals surface area contributed by atoms with Crippen LogP contribution in [0, 0.1) is 0 Å². The van der Waals surface area contributed by atoms with Crippen molar-refractivity contribution in [1.82, 2.24) is 0 Å². The van der Waals surface area contributed by atoms with Gasteiger partial charge in [-0.2, -0.15) is 0 Å². The van der Waals surface area contributed by atoms with Crippen LogP contribution in [0.4, 0.5) is 0 Å². The molecule has 0 aromatic carbocycles. The van der Waals surface area contributed by atoms with Crippen molar-refractivity contribution in [3.05, 3.63) is 36.0 Å². The number of cyclic esters (lactones) is 1. The van der Waals surface area contributed by atoms with Crippen molar-refractivity contribution in [2.24, 2.45) is 0 Å². The highest BCUT2D eigenvalue weighted by Crippen LogP contribution is 2.14. The summed E-state index contributed by atoms with van der Waals surface area (Å²) in [6, 6.07) is 0. The summed E-state index contributed by atoms with van der Waals surface area (Å²) in [4.78, 5) is 11.6. The van der Waals surface area contributed by atoms with Gasteiger partial charge < -0.3 is 4.74 Å². The molecule has 0 aliphatic carbocycles. The third-order valence-corrected chi connectivity index (χ3v) is 3.55. The zero-order valence-corrected chi connectivity index (χ0v) is 12.8. The first-order valence-electron chi connectivity index (χ1n) is 7.87. The van der Waals surface area contributed by atoms with E-state index in [4.69, 9.17) is 4.74 Å². The number of hydrogen-bond donors (Lipinski definition) is 0. The highest BCUT2D eigenvalue weighted by molar-refractivity contribution is 5.83. The minimum Gasteiger partial charge on any atom is -0.463 e. The van der Waals surface area contributed by atoms with E-state index < -0.39 is 0 Å². The Kier molecular flexibility index (Phi) is 8.77. The summed E-state index contributed by atoms with van der Waals surface area (Å²) in [7, 11) is 0. The van der Waals surface area contributed by atoms with Gasteiger partial charge in [-0.05, 0) is 38.2 Å². The SMILES string of the molecule is C=C1C/C=C\C(C)=C\C(=O)OCCCCCCCCC1. The molecule has 0 aromatic rings. The monoisotopic (exact) mass is 276 g/mol. The maximum absolute atomic E-state index is 11.6. The van der Waals surface area contributed by atoms with Gasteiger partial charge >= 0.3 is 5.97 Å². The van der Waals surface area contributed by atoms with E-state index in [0.29, 0.717) is 6.61 Å². The molecule has 0 radical (unpaired) electrons. The van der Waals surface area contributed by atoms with Crippen LogP contribution in [0.1, 0.15) is 64.7 Å². The van der Waals surface area contributed by atoms with E-state index >= 15 is 0 Å². The Morgan fingerprint density at radius 2 is 1.70 bits per heavy atom. The van der Waals surface area contributed by atoms with Crippen LogP contribution in [0.3, 0.4) is 0 Å². The molecule has 0 N–H and O–H groups in total. The molecule has 112 valence electrons. The number of carbonyl (C=O) groups is 1. The molecular weight excluding hydrogens is 248 g/mol. The second-order valence-corrected chi connectivity index (χ2v) is 5.64. The minimum atomic E-state index is -0.227. The van der Waals surface area contributed by atoms with E-state index in [1.54, 1.807) is 6.08 Å². The second kappa shape index (κ2) is 10.5. The van der Waals surface area contributed by atoms with Gasteiger partial charge in [0.1, 0.15) is 0 Å². The lowest BCUT2D eigenvalue weighted by Gasteiger charge is -2.04. The fraction of sp³-hybridized carbons (Fsp3) is 0.611. The van der Waals surface area contributed by atoms with Crippen LogP contribution < -0.4 is 0 Å². The molecule has 0 spiro atoms. The summed E-state index contributed by atoms with van der Waals surface area (Å²) < 4.78 is 5.19. The van der Waals surface area contributed by atoms with Crippen molar-refractivity contribution in [3.8, 4) is 0 Å². The van der Waals surface area contributed by atoms with Crippen molar-refractivity contribution >= 4 is 5.97 Å². The maximum Gasteiger partial charge on any atom is 0.331 e. The number of ether oxygens (including phenoxy) is 1. The lowest BCUT2D eigenvalue weighted by molar-refractivity contribution is -0.137. The van der Waals surface area contributed by atoms with Crippen LogP contribution in [0.25, 0.3) is 0 Å². The summed E-state index contributed by atoms with van der Waals surface area (Å²) in [5.41, 5.74) is 2.22. The predicted molar refractivity (Wildman–Crippen MR) is 84.5 cm³/mol. The minimum absolute atomic E-state index is 0.227. The number of esters is 1. The van der Waals surface area contributed by atoms with Gasteiger partial charge in [-0.1, -0.05) is 56.4 Å². The first kappa shape index (κ1) is 16.7. The van der Waals surface area contributed by atoms with Crippen LogP contribution in [-0.2, 0) is 9.53 Å². The largest absolute Gasteiger partial charge is 0.463 e. The molecule has 20 heavy (non-hydrogen) atoms. The third-order valence-electron chi connectivity index (χ3n) is 3.55. The van der Waals surface area contributed by atoms with E-state index in [0.717, 1.165) is 31.3 Å². The van der Waals surface area contributed by atoms with Crippen LogP contribution in [0.2, 0.25) is 0 Å². The molecule has 1 rings (SSSR count). The Hall–Kier alpha value is -1.31. The quantitative estimate of drug-likeness (QED) is 0.454. The van der Waals surface area contributed by atoms with Crippen LogP contribution in [0.5, 0.6) is 0 Å². The zero-order valence-electron chi connectivity index (χ0n) is 12.8. The molecule has 0 saturated heterocycles. The van der Waals surface area contributed by atoms with Crippen molar-refractivity contribution in [2.45, 2.75) is 64.7 Å². The van der Waals surface area contributed by atoms with E-state index in [2.05, 4.69) is 12.7 Å². The van der Waals surface area contributed by atoms with E-state index in [1.165, 1.54) is 37.7 Å². The summed E-state index contributed by atoms with van der Waals surface area (Å²) in [5.74, 6) is -0.227. The van der Waals surface area contributed by atoms with Crippen LogP contribution in [0.15, 0.2) is 36.0 Å². The van der Waals surface area contributed by atoms with Gasteiger partial charge in [0.15, 0.2) is 0 Å². The van der Waals surface area contributed by atoms with Crippen molar-refractivity contribution in [2.75, 3.05) is 6.61 Å². The Bertz CT molecular complexity index is 364. The van der Waals surface area contributed by atoms with Gasteiger partial charge in [-0.15, -0.1) is 0 Å². The number of allylic oxidation sites excluding steroid dienone is 4. The third kappa shape index (κ3) is 8.73. The molecule has 0 amide bonds. The molecule has 1 heterocycles. The standard InChI is InChI=1S/C18H28O2/c1-16-11-8-6-4-3-5-7-9-14-20-18(19)15-17(2)13-10-12-16/h10,13,15H,1,3-9,11-12,14H2,2H3/b13-10-,17-15+. The molecule has 0 fully saturated rings. The first-order valence-corrected chi connectivity index (χ1v) is 7.87. The van der Waals surface area contributed by atoms with E-state index in [9.17, 15) is 4.79 Å². The van der Waals surface area contributed by atoms with Crippen molar-refractivity contribution in [3.63, 3.8) is 0 Å². The van der Waals surface area contributed by atoms with Gasteiger partial charge in [0.25, 0.3) is 0 Å². The van der Waals surface area contributed by atoms with Crippen LogP contribution in [-0.4, -0.2) is 12.6 Å². The molecule has 0 atom stereocenters. The normalized spacial score (nSPS) is 25.1. The lowest BCUT2D eigenvalue weighted by Crippen LogP contribution is -2.03. The molecule has 2 nitrogen and oxygen atoms in total. The van der Waals surface area contributed by atoms with Crippen LogP contribution >= 0.6 is 0 Å². The van der Waals surface area contributed by atoms with Gasteiger partial charge in [-0.25, -0.2) is 4.79 Å². The molecule has 0 saturated carbocycles. The maximum atomic E-state index is 11.6. The molecule has 0 bridgehead atoms. The molecular formula is C18H28O2. The Morgan fingerprint density at radius 3 is 2.45 bits per heavy atom. The van der Waals surface area contributed by atoms with E-state index in [-0.39, 0.29) is 5.97 Å². The molecule has 1 aliphatic heterocycles. The smallest absolute Gasteiger partial charge is 0.331 e. The highest BCUT2D eigenvalue weighted by atomic mass is 16.5. The molecule has 1 aliphatic rings. The average molecular weight is 276 g/mol. The van der Waals surface area contributed by atoms with Crippen molar-refractivity contribution < 1.29 is 9.53 Å². The summed E-state index contributed by atoms with van der Waals surface area (Å²) in [5, 5.41) is 0. The summed E-state index contributed by atoms with van der Waals surface area (Å²) >= 11 is 0. The molecule has 0 unspecified atom stereocenters. The zero-order chi connectivity index (χ0) is 14.6. The lowest BCUT2D eigenvalue weighted by atomic mass is 10.0. The Morgan fingerprint density at radius 1 is 1.05 bits per heavy atom. The average Bonchev–Trinajstić information content (AvgIpc) is 2.40. The molecule has 2 heteroatoms. The van der Waals surface area contributed by atoms with Gasteiger partial charge in [0.05, 0.1) is 6.61 Å². The van der Waals surface area contributed by atoms with Crippen molar-refractivity contribution in [1.29, 1.82) is 0 Å².